The van der Waals surface area contributed by atoms with Gasteiger partial charge < -0.3 is 22.7 Å². The van der Waals surface area contributed by atoms with Crippen molar-refractivity contribution in [1.82, 2.24) is 4.98 Å². The van der Waals surface area contributed by atoms with Gasteiger partial charge in [0.15, 0.2) is 8.32 Å². The van der Waals surface area contributed by atoms with Crippen molar-refractivity contribution in [2.75, 3.05) is 6.61 Å². The van der Waals surface area contributed by atoms with Crippen molar-refractivity contribution in [3.05, 3.63) is 30.0 Å². The van der Waals surface area contributed by atoms with Crippen LogP contribution in [0.5, 0.6) is 0 Å². The average Bonchev–Trinajstić information content (AvgIpc) is 3.35. The molecule has 5 atom stereocenters. The molecule has 3 rings (SSSR count). The predicted octanol–water partition coefficient (Wildman–Crippen LogP) is 10.1. The van der Waals surface area contributed by atoms with E-state index in [-0.39, 0.29) is 41.4 Å². The summed E-state index contributed by atoms with van der Waals surface area (Å²) in [6, 6.07) is 0. The summed E-state index contributed by atoms with van der Waals surface area (Å²) in [6.07, 6.45) is 6.96. The van der Waals surface area contributed by atoms with Gasteiger partial charge in [-0.15, -0.1) is 11.6 Å². The smallest absolute Gasteiger partial charge is 0.209 e. The standard InChI is InChI=1S/C33H60ClNO5Si2/c1-22(2)42(23(3)4,24(5)6)40-29-18-28(39-31(19-29)30-21-36-32(20-34)35-30)17-27-16-25(7)15-26(38-27)13-14-37-41(11,12)33(8,9)10/h21-24,26-29,31H,7,13-20H2,1-6,8-12H3/t26-,27+,28+,29-,31+/m0/s1. The molecule has 0 aliphatic carbocycles. The predicted molar refractivity (Wildman–Crippen MR) is 178 cm³/mol. The molecule has 0 radical (unpaired) electrons. The van der Waals surface area contributed by atoms with Gasteiger partial charge in [0.05, 0.1) is 30.3 Å². The van der Waals surface area contributed by atoms with Gasteiger partial charge in [0.25, 0.3) is 0 Å². The third-order valence-corrected chi connectivity index (χ3v) is 21.0. The van der Waals surface area contributed by atoms with Crippen LogP contribution in [0.25, 0.3) is 0 Å². The maximum atomic E-state index is 7.33. The Morgan fingerprint density at radius 1 is 0.976 bits per heavy atom. The van der Waals surface area contributed by atoms with E-state index >= 15 is 0 Å². The van der Waals surface area contributed by atoms with Gasteiger partial charge in [-0.25, -0.2) is 4.98 Å². The van der Waals surface area contributed by atoms with Crippen molar-refractivity contribution in [3.8, 4) is 0 Å². The fourth-order valence-electron chi connectivity index (χ4n) is 7.00. The highest BCUT2D eigenvalue weighted by atomic mass is 35.5. The second-order valence-electron chi connectivity index (χ2n) is 15.2. The van der Waals surface area contributed by atoms with Crippen LogP contribution < -0.4 is 0 Å². The SMILES string of the molecule is C=C1C[C@H](C[C@@H]2C[C@H](O[Si](C(C)C)(C(C)C)C(C)C)C[C@H](c3coc(CCl)n3)O2)O[C@@H](CCO[Si](C)(C)C(C)(C)C)C1. The highest BCUT2D eigenvalue weighted by Gasteiger charge is 2.48. The largest absolute Gasteiger partial charge is 0.447 e. The first-order chi connectivity index (χ1) is 19.5. The Kier molecular flexibility index (Phi) is 12.6. The fraction of sp³-hybridized carbons (Fsp3) is 0.848. The van der Waals surface area contributed by atoms with Gasteiger partial charge in [0, 0.05) is 19.4 Å². The Labute approximate surface area is 263 Å². The molecule has 9 heteroatoms. The monoisotopic (exact) mass is 641 g/mol. The number of nitrogens with zero attached hydrogens (tertiary/aromatic N) is 1. The van der Waals surface area contributed by atoms with Crippen LogP contribution in [0.4, 0.5) is 0 Å². The highest BCUT2D eigenvalue weighted by molar-refractivity contribution is 6.77. The Hall–Kier alpha value is -0.486. The quantitative estimate of drug-likeness (QED) is 0.121. The van der Waals surface area contributed by atoms with Gasteiger partial charge in [-0.3, -0.25) is 0 Å². The van der Waals surface area contributed by atoms with Crippen LogP contribution >= 0.6 is 11.6 Å². The van der Waals surface area contributed by atoms with Crippen LogP contribution in [-0.4, -0.2) is 52.6 Å². The molecule has 1 aromatic heterocycles. The molecule has 1 aromatic rings. The number of aromatic nitrogens is 1. The molecule has 0 amide bonds. The highest BCUT2D eigenvalue weighted by Crippen LogP contribution is 2.46. The first-order valence-electron chi connectivity index (χ1n) is 16.3. The lowest BCUT2D eigenvalue weighted by Crippen LogP contribution is -2.52. The van der Waals surface area contributed by atoms with Crippen LogP contribution in [0.3, 0.4) is 0 Å². The van der Waals surface area contributed by atoms with E-state index in [4.69, 9.17) is 34.3 Å². The van der Waals surface area contributed by atoms with Crippen LogP contribution in [0, 0.1) is 0 Å². The Balaban J connectivity index is 1.74. The molecule has 2 saturated heterocycles. The number of hydrogen-bond acceptors (Lipinski definition) is 6. The number of hydrogen-bond donors (Lipinski definition) is 0. The van der Waals surface area contributed by atoms with Crippen molar-refractivity contribution >= 4 is 28.2 Å². The summed E-state index contributed by atoms with van der Waals surface area (Å²) in [5.41, 5.74) is 3.63. The first kappa shape index (κ1) is 36.0. The minimum absolute atomic E-state index is 0.00289. The zero-order valence-corrected chi connectivity index (χ0v) is 31.2. The molecule has 0 bridgehead atoms. The zero-order chi connectivity index (χ0) is 31.5. The van der Waals surface area contributed by atoms with Gasteiger partial charge in [-0.1, -0.05) is 74.5 Å². The van der Waals surface area contributed by atoms with E-state index in [0.717, 1.165) is 50.8 Å². The molecule has 2 aliphatic heterocycles. The van der Waals surface area contributed by atoms with E-state index in [2.05, 4.69) is 87.0 Å². The van der Waals surface area contributed by atoms with Crippen LogP contribution in [-0.2, 0) is 24.2 Å². The summed E-state index contributed by atoms with van der Waals surface area (Å²) < 4.78 is 32.8. The molecule has 0 unspecified atom stereocenters. The summed E-state index contributed by atoms with van der Waals surface area (Å²) in [6.45, 7) is 30.7. The average molecular weight is 642 g/mol. The molecular formula is C33H60ClNO5Si2. The second-order valence-corrected chi connectivity index (χ2v) is 25.7. The maximum absolute atomic E-state index is 7.33. The molecule has 0 N–H and O–H groups in total. The number of oxazole rings is 1. The van der Waals surface area contributed by atoms with Gasteiger partial charge in [0.2, 0.25) is 14.2 Å². The van der Waals surface area contributed by atoms with Gasteiger partial charge in [-0.05, 0) is 60.4 Å². The van der Waals surface area contributed by atoms with Crippen LogP contribution in [0.15, 0.2) is 22.8 Å². The normalized spacial score (nSPS) is 26.5. The fourth-order valence-corrected chi connectivity index (χ4v) is 13.8. The molecule has 0 spiro atoms. The molecular weight excluding hydrogens is 582 g/mol. The lowest BCUT2D eigenvalue weighted by molar-refractivity contribution is -0.126. The van der Waals surface area contributed by atoms with Gasteiger partial charge in [0.1, 0.15) is 18.1 Å². The Bertz CT molecular complexity index is 983. The number of halogens is 1. The van der Waals surface area contributed by atoms with E-state index in [1.165, 1.54) is 5.57 Å². The summed E-state index contributed by atoms with van der Waals surface area (Å²) in [5.74, 6) is 0.776. The first-order valence-corrected chi connectivity index (χ1v) is 21.9. The Morgan fingerprint density at radius 3 is 2.14 bits per heavy atom. The number of rotatable bonds is 13. The van der Waals surface area contributed by atoms with Gasteiger partial charge >= 0.3 is 0 Å². The summed E-state index contributed by atoms with van der Waals surface area (Å²) in [4.78, 5) is 4.64. The topological polar surface area (TPSA) is 63.0 Å². The van der Waals surface area contributed by atoms with Crippen molar-refractivity contribution in [1.29, 1.82) is 0 Å². The molecule has 42 heavy (non-hydrogen) atoms. The minimum atomic E-state index is -2.07. The van der Waals surface area contributed by atoms with Crippen molar-refractivity contribution < 1.29 is 22.7 Å². The van der Waals surface area contributed by atoms with Crippen molar-refractivity contribution in [3.63, 3.8) is 0 Å². The maximum Gasteiger partial charge on any atom is 0.209 e. The van der Waals surface area contributed by atoms with E-state index in [1.54, 1.807) is 6.26 Å². The molecule has 2 aliphatic rings. The van der Waals surface area contributed by atoms with Gasteiger partial charge in [-0.2, -0.15) is 0 Å². The summed E-state index contributed by atoms with van der Waals surface area (Å²) in [5, 5.41) is 0.204. The van der Waals surface area contributed by atoms with E-state index in [9.17, 15) is 0 Å². The molecule has 242 valence electrons. The summed E-state index contributed by atoms with van der Waals surface area (Å²) >= 11 is 6.02. The van der Waals surface area contributed by atoms with Crippen LogP contribution in [0.1, 0.15) is 119 Å². The summed E-state index contributed by atoms with van der Waals surface area (Å²) in [7, 11) is -3.85. The van der Waals surface area contributed by atoms with Crippen molar-refractivity contribution in [2.45, 2.75) is 172 Å². The van der Waals surface area contributed by atoms with Crippen molar-refractivity contribution in [2.24, 2.45) is 0 Å². The third-order valence-electron chi connectivity index (χ3n) is 10.1. The molecule has 0 aromatic carbocycles. The molecule has 2 fully saturated rings. The van der Waals surface area contributed by atoms with E-state index in [1.807, 2.05) is 0 Å². The number of ether oxygens (including phenoxy) is 2. The van der Waals surface area contributed by atoms with E-state index < -0.39 is 16.6 Å². The van der Waals surface area contributed by atoms with Crippen LogP contribution in [0.2, 0.25) is 34.8 Å². The molecule has 6 nitrogen and oxygen atoms in total. The lowest BCUT2D eigenvalue weighted by Gasteiger charge is -2.47. The second kappa shape index (κ2) is 14.7. The minimum Gasteiger partial charge on any atom is -0.447 e. The molecule has 3 heterocycles. The van der Waals surface area contributed by atoms with E-state index in [0.29, 0.717) is 22.5 Å². The lowest BCUT2D eigenvalue weighted by atomic mass is 9.91. The molecule has 0 saturated carbocycles. The number of alkyl halides is 1. The zero-order valence-electron chi connectivity index (χ0n) is 28.4. The third kappa shape index (κ3) is 8.82. The Morgan fingerprint density at radius 2 is 1.60 bits per heavy atom.